The van der Waals surface area contributed by atoms with Crippen LogP contribution in [-0.4, -0.2) is 0 Å². The third-order valence-electron chi connectivity index (χ3n) is 8.32. The lowest BCUT2D eigenvalue weighted by Gasteiger charge is -2.30. The predicted molar refractivity (Wildman–Crippen MR) is 154 cm³/mol. The minimum atomic E-state index is -0.309. The van der Waals surface area contributed by atoms with Crippen molar-refractivity contribution in [3.63, 3.8) is 0 Å². The highest BCUT2D eigenvalue weighted by atomic mass is 14.5. The normalized spacial score (nSPS) is 13.6. The fourth-order valence-corrected chi connectivity index (χ4v) is 6.96. The lowest BCUT2D eigenvalue weighted by atomic mass is 9.70. The molecule has 0 heteroatoms. The third-order valence-corrected chi connectivity index (χ3v) is 8.32. The number of benzene rings is 6. The molecule has 0 radical (unpaired) electrons. The number of hydrogen-bond donors (Lipinski definition) is 0. The van der Waals surface area contributed by atoms with Crippen molar-refractivity contribution >= 4 is 0 Å². The molecular formula is C37H24. The van der Waals surface area contributed by atoms with E-state index in [-0.39, 0.29) is 5.41 Å². The van der Waals surface area contributed by atoms with E-state index in [4.69, 9.17) is 0 Å². The zero-order valence-electron chi connectivity index (χ0n) is 20.4. The van der Waals surface area contributed by atoms with Crippen molar-refractivity contribution in [2.75, 3.05) is 0 Å². The van der Waals surface area contributed by atoms with E-state index in [9.17, 15) is 0 Å². The molecule has 0 saturated carbocycles. The average molecular weight is 469 g/mol. The van der Waals surface area contributed by atoms with Crippen LogP contribution in [0.2, 0.25) is 0 Å². The van der Waals surface area contributed by atoms with Crippen LogP contribution in [0.25, 0.3) is 44.5 Å². The van der Waals surface area contributed by atoms with Gasteiger partial charge in [-0.25, -0.2) is 0 Å². The summed E-state index contributed by atoms with van der Waals surface area (Å²) < 4.78 is 0. The first-order valence-corrected chi connectivity index (χ1v) is 13.0. The van der Waals surface area contributed by atoms with Crippen LogP contribution in [0.5, 0.6) is 0 Å². The van der Waals surface area contributed by atoms with E-state index in [1.54, 1.807) is 0 Å². The minimum Gasteiger partial charge on any atom is -0.0622 e. The Labute approximate surface area is 217 Å². The number of rotatable bonds is 2. The van der Waals surface area contributed by atoms with E-state index in [2.05, 4.69) is 146 Å². The average Bonchev–Trinajstić information content (AvgIpc) is 3.45. The molecule has 0 unspecified atom stereocenters. The summed E-state index contributed by atoms with van der Waals surface area (Å²) >= 11 is 0. The van der Waals surface area contributed by atoms with Crippen LogP contribution < -0.4 is 0 Å². The Kier molecular flexibility index (Phi) is 4.24. The lowest BCUT2D eigenvalue weighted by molar-refractivity contribution is 0.794. The second-order valence-corrected chi connectivity index (χ2v) is 10.0. The smallest absolute Gasteiger partial charge is 0.0622 e. The number of hydrogen-bond acceptors (Lipinski definition) is 0. The molecule has 2 aliphatic carbocycles. The second kappa shape index (κ2) is 7.66. The molecule has 0 N–H and O–H groups in total. The minimum absolute atomic E-state index is 0.309. The molecule has 0 nitrogen and oxygen atoms in total. The van der Waals surface area contributed by atoms with Gasteiger partial charge in [0.15, 0.2) is 0 Å². The zero-order chi connectivity index (χ0) is 24.4. The zero-order valence-corrected chi connectivity index (χ0v) is 20.4. The van der Waals surface area contributed by atoms with Crippen LogP contribution in [0.1, 0.15) is 22.3 Å². The van der Waals surface area contributed by atoms with E-state index in [1.165, 1.54) is 66.8 Å². The van der Waals surface area contributed by atoms with Crippen molar-refractivity contribution in [3.8, 4) is 44.5 Å². The van der Waals surface area contributed by atoms with Crippen LogP contribution >= 0.6 is 0 Å². The van der Waals surface area contributed by atoms with Gasteiger partial charge in [0.25, 0.3) is 0 Å². The van der Waals surface area contributed by atoms with Crippen LogP contribution in [-0.2, 0) is 5.41 Å². The first-order chi connectivity index (χ1) is 18.4. The summed E-state index contributed by atoms with van der Waals surface area (Å²) in [5.41, 5.74) is 15.7. The van der Waals surface area contributed by atoms with Gasteiger partial charge in [-0.05, 0) is 66.8 Å². The molecule has 0 aromatic heterocycles. The van der Waals surface area contributed by atoms with Crippen molar-refractivity contribution in [2.24, 2.45) is 0 Å². The Balaban J connectivity index is 1.51. The predicted octanol–water partition coefficient (Wildman–Crippen LogP) is 9.36. The van der Waals surface area contributed by atoms with Crippen LogP contribution in [0.15, 0.2) is 146 Å². The van der Waals surface area contributed by atoms with E-state index in [0.717, 1.165) is 0 Å². The van der Waals surface area contributed by atoms with Crippen molar-refractivity contribution in [2.45, 2.75) is 5.41 Å². The second-order valence-electron chi connectivity index (χ2n) is 10.0. The molecule has 0 fully saturated rings. The van der Waals surface area contributed by atoms with Crippen LogP contribution in [0, 0.1) is 0 Å². The van der Waals surface area contributed by atoms with Gasteiger partial charge in [-0.2, -0.15) is 0 Å². The van der Waals surface area contributed by atoms with Gasteiger partial charge in [-0.1, -0.05) is 146 Å². The van der Waals surface area contributed by atoms with Crippen molar-refractivity contribution in [1.29, 1.82) is 0 Å². The Morgan fingerprint density at radius 1 is 0.270 bits per heavy atom. The summed E-state index contributed by atoms with van der Waals surface area (Å²) in [7, 11) is 0. The van der Waals surface area contributed by atoms with Gasteiger partial charge >= 0.3 is 0 Å². The van der Waals surface area contributed by atoms with Gasteiger partial charge in [0.2, 0.25) is 0 Å². The topological polar surface area (TPSA) is 0 Å². The molecule has 172 valence electrons. The maximum atomic E-state index is 2.36. The van der Waals surface area contributed by atoms with Gasteiger partial charge in [-0.15, -0.1) is 0 Å². The van der Waals surface area contributed by atoms with Gasteiger partial charge < -0.3 is 0 Å². The summed E-state index contributed by atoms with van der Waals surface area (Å²) in [5.74, 6) is 0. The Bertz CT molecular complexity index is 1780. The van der Waals surface area contributed by atoms with Crippen molar-refractivity contribution in [3.05, 3.63) is 168 Å². The molecule has 0 aliphatic heterocycles. The molecule has 8 rings (SSSR count). The molecule has 6 aromatic carbocycles. The highest BCUT2D eigenvalue weighted by molar-refractivity contribution is 6.01. The quantitative estimate of drug-likeness (QED) is 0.237. The molecule has 6 aromatic rings. The summed E-state index contributed by atoms with van der Waals surface area (Å²) in [4.78, 5) is 0. The van der Waals surface area contributed by atoms with Gasteiger partial charge in [0, 0.05) is 0 Å². The SMILES string of the molecule is c1ccc(-c2ccccc2-c2cccc3c2-c2ccccc2C32c3ccccc3-c3ccccc32)cc1. The molecule has 0 heterocycles. The van der Waals surface area contributed by atoms with E-state index in [0.29, 0.717) is 0 Å². The Hall–Kier alpha value is -4.68. The summed E-state index contributed by atoms with van der Waals surface area (Å²) in [6.07, 6.45) is 0. The van der Waals surface area contributed by atoms with Gasteiger partial charge in [-0.3, -0.25) is 0 Å². The highest BCUT2D eigenvalue weighted by Gasteiger charge is 2.51. The molecule has 2 aliphatic rings. The largest absolute Gasteiger partial charge is 0.0725 e. The molecular weight excluding hydrogens is 444 g/mol. The fourth-order valence-electron chi connectivity index (χ4n) is 6.96. The highest BCUT2D eigenvalue weighted by Crippen LogP contribution is 2.64. The standard InChI is InChI=1S/C37H24/c1-2-13-25(14-3-1)26-15-4-5-16-27(26)30-20-12-24-35-36(30)31-19-8-11-23-34(31)37(35)32-21-9-6-17-28(32)29-18-7-10-22-33(29)37/h1-24H. The van der Waals surface area contributed by atoms with E-state index < -0.39 is 0 Å². The number of fused-ring (bicyclic) bond motifs is 10. The summed E-state index contributed by atoms with van der Waals surface area (Å²) in [6, 6.07) is 53.6. The molecule has 0 bridgehead atoms. The summed E-state index contributed by atoms with van der Waals surface area (Å²) in [5, 5.41) is 0. The molecule has 1 spiro atoms. The van der Waals surface area contributed by atoms with Crippen molar-refractivity contribution in [1.82, 2.24) is 0 Å². The monoisotopic (exact) mass is 468 g/mol. The first-order valence-electron chi connectivity index (χ1n) is 13.0. The van der Waals surface area contributed by atoms with Crippen molar-refractivity contribution < 1.29 is 0 Å². The molecule has 0 saturated heterocycles. The Morgan fingerprint density at radius 3 is 1.35 bits per heavy atom. The van der Waals surface area contributed by atoms with Crippen LogP contribution in [0.4, 0.5) is 0 Å². The van der Waals surface area contributed by atoms with E-state index >= 15 is 0 Å². The summed E-state index contributed by atoms with van der Waals surface area (Å²) in [6.45, 7) is 0. The van der Waals surface area contributed by atoms with E-state index in [1.807, 2.05) is 0 Å². The molecule has 37 heavy (non-hydrogen) atoms. The van der Waals surface area contributed by atoms with Gasteiger partial charge in [0.1, 0.15) is 0 Å². The Morgan fingerprint density at radius 2 is 0.703 bits per heavy atom. The molecule has 0 amide bonds. The lowest BCUT2D eigenvalue weighted by Crippen LogP contribution is -2.25. The first kappa shape index (κ1) is 20.5. The maximum absolute atomic E-state index is 2.36. The third kappa shape index (κ3) is 2.62. The molecule has 0 atom stereocenters. The van der Waals surface area contributed by atoms with Gasteiger partial charge in [0.05, 0.1) is 5.41 Å². The van der Waals surface area contributed by atoms with Crippen LogP contribution in [0.3, 0.4) is 0 Å². The fraction of sp³-hybridized carbons (Fsp3) is 0.0270. The maximum Gasteiger partial charge on any atom is 0.0725 e.